The third-order valence-corrected chi connectivity index (χ3v) is 5.45. The lowest BCUT2D eigenvalue weighted by molar-refractivity contribution is -0.121. The molecule has 0 saturated carbocycles. The largest absolute Gasteiger partial charge is 0.493 e. The Morgan fingerprint density at radius 1 is 1.15 bits per heavy atom. The number of rotatable bonds is 9. The van der Waals surface area contributed by atoms with Crippen LogP contribution in [-0.2, 0) is 24.3 Å². The molecule has 33 heavy (non-hydrogen) atoms. The Hall–Kier alpha value is -3.36. The summed E-state index contributed by atoms with van der Waals surface area (Å²) in [4.78, 5) is 30.6. The molecular weight excluding hydrogens is 446 g/mol. The molecular formula is C24H26ClN3O5. The van der Waals surface area contributed by atoms with Crippen LogP contribution in [0.3, 0.4) is 0 Å². The molecule has 8 nitrogen and oxygen atoms in total. The Morgan fingerprint density at radius 2 is 1.88 bits per heavy atom. The number of para-hydroxylation sites is 1. The lowest BCUT2D eigenvalue weighted by Crippen LogP contribution is -2.35. The van der Waals surface area contributed by atoms with Crippen LogP contribution in [0.15, 0.2) is 47.3 Å². The van der Waals surface area contributed by atoms with Gasteiger partial charge in [0.1, 0.15) is 12.4 Å². The second kappa shape index (κ2) is 11.0. The zero-order chi connectivity index (χ0) is 24.0. The number of aliphatic hydroxyl groups excluding tert-OH is 1. The maximum absolute atomic E-state index is 13.2. The summed E-state index contributed by atoms with van der Waals surface area (Å²) in [7, 11) is 3.07. The molecule has 2 aromatic carbocycles. The molecule has 0 fully saturated rings. The quantitative estimate of drug-likeness (QED) is 0.497. The van der Waals surface area contributed by atoms with E-state index in [2.05, 4.69) is 10.3 Å². The zero-order valence-electron chi connectivity index (χ0n) is 18.7. The van der Waals surface area contributed by atoms with Crippen molar-refractivity contribution in [3.05, 3.63) is 74.7 Å². The van der Waals surface area contributed by atoms with E-state index in [1.165, 1.54) is 11.7 Å². The summed E-state index contributed by atoms with van der Waals surface area (Å²) in [6.07, 6.45) is 0.154. The third kappa shape index (κ3) is 5.53. The second-order valence-electron chi connectivity index (χ2n) is 7.30. The first-order chi connectivity index (χ1) is 15.9. The van der Waals surface area contributed by atoms with E-state index in [1.54, 1.807) is 50.4 Å². The van der Waals surface area contributed by atoms with E-state index in [1.807, 2.05) is 6.07 Å². The van der Waals surface area contributed by atoms with Gasteiger partial charge >= 0.3 is 0 Å². The lowest BCUT2D eigenvalue weighted by atomic mass is 10.1. The Bertz CT molecular complexity index is 1190. The van der Waals surface area contributed by atoms with E-state index in [-0.39, 0.29) is 37.6 Å². The van der Waals surface area contributed by atoms with E-state index in [9.17, 15) is 14.7 Å². The first kappa shape index (κ1) is 24.3. The molecule has 0 aliphatic rings. The van der Waals surface area contributed by atoms with E-state index in [0.717, 1.165) is 5.56 Å². The minimum atomic E-state index is -0.377. The summed E-state index contributed by atoms with van der Waals surface area (Å²) in [5.74, 6) is 1.06. The number of amides is 1. The number of hydrogen-bond donors (Lipinski definition) is 2. The second-order valence-corrected chi connectivity index (χ2v) is 7.74. The number of carbonyl (C=O) groups excluding carboxylic acids is 1. The predicted molar refractivity (Wildman–Crippen MR) is 126 cm³/mol. The molecule has 1 amide bonds. The fraction of sp³-hybridized carbons (Fsp3) is 0.292. The molecule has 1 heterocycles. The summed E-state index contributed by atoms with van der Waals surface area (Å²) in [6.45, 7) is 1.47. The van der Waals surface area contributed by atoms with Crippen molar-refractivity contribution in [3.63, 3.8) is 0 Å². The molecule has 174 valence electrons. The molecule has 0 radical (unpaired) electrons. The Morgan fingerprint density at radius 3 is 2.52 bits per heavy atom. The van der Waals surface area contributed by atoms with Gasteiger partial charge in [0.25, 0.3) is 5.56 Å². The van der Waals surface area contributed by atoms with Gasteiger partial charge in [-0.1, -0.05) is 23.7 Å². The molecule has 9 heteroatoms. The predicted octanol–water partition coefficient (Wildman–Crippen LogP) is 2.74. The molecule has 0 saturated heterocycles. The number of nitrogens with one attached hydrogen (secondary N) is 1. The Labute approximate surface area is 196 Å². The molecule has 3 rings (SSSR count). The number of carbonyl (C=O) groups is 1. The van der Waals surface area contributed by atoms with Crippen LogP contribution in [0.4, 0.5) is 0 Å². The van der Waals surface area contributed by atoms with Gasteiger partial charge in [-0.2, -0.15) is 0 Å². The number of aliphatic hydroxyl groups is 1. The van der Waals surface area contributed by atoms with Gasteiger partial charge in [0.05, 0.1) is 14.2 Å². The average molecular weight is 472 g/mol. The van der Waals surface area contributed by atoms with Crippen LogP contribution >= 0.6 is 11.6 Å². The fourth-order valence-electron chi connectivity index (χ4n) is 3.55. The first-order valence-electron chi connectivity index (χ1n) is 10.3. The van der Waals surface area contributed by atoms with Crippen LogP contribution < -0.4 is 20.3 Å². The van der Waals surface area contributed by atoms with E-state index in [0.29, 0.717) is 39.2 Å². The summed E-state index contributed by atoms with van der Waals surface area (Å²) in [5, 5.41) is 12.7. The van der Waals surface area contributed by atoms with Crippen LogP contribution in [0.5, 0.6) is 11.5 Å². The number of ether oxygens (including phenoxy) is 2. The summed E-state index contributed by atoms with van der Waals surface area (Å²) >= 11 is 6.00. The number of aromatic nitrogens is 2. The number of hydrogen-bond acceptors (Lipinski definition) is 6. The van der Waals surface area contributed by atoms with Gasteiger partial charge in [-0.3, -0.25) is 14.2 Å². The first-order valence-corrected chi connectivity index (χ1v) is 10.7. The van der Waals surface area contributed by atoms with Gasteiger partial charge in [-0.15, -0.1) is 0 Å². The smallest absolute Gasteiger partial charge is 0.257 e. The fourth-order valence-corrected chi connectivity index (χ4v) is 3.68. The normalized spacial score (nSPS) is 10.7. The van der Waals surface area contributed by atoms with E-state index in [4.69, 9.17) is 21.1 Å². The highest BCUT2D eigenvalue weighted by molar-refractivity contribution is 6.30. The van der Waals surface area contributed by atoms with E-state index < -0.39 is 0 Å². The van der Waals surface area contributed by atoms with Crippen molar-refractivity contribution in [3.8, 4) is 22.9 Å². The summed E-state index contributed by atoms with van der Waals surface area (Å²) in [6, 6.07) is 12.3. The Kier molecular flexibility index (Phi) is 8.08. The maximum atomic E-state index is 13.2. The maximum Gasteiger partial charge on any atom is 0.257 e. The van der Waals surface area contributed by atoms with Crippen LogP contribution in [0.25, 0.3) is 11.4 Å². The van der Waals surface area contributed by atoms with Crippen molar-refractivity contribution in [2.75, 3.05) is 20.8 Å². The molecule has 0 atom stereocenters. The standard InChI is InChI=1S/C24H26ClN3O5/c1-15-19(11-12-29)24(31)28(23(27-15)16-7-9-18(25)10-8-16)14-21(30)26-13-17-5-4-6-20(32-2)22(17)33-3/h4-10,29H,11-14H2,1-3H3,(H,26,30). The molecule has 3 aromatic rings. The highest BCUT2D eigenvalue weighted by Crippen LogP contribution is 2.30. The molecule has 0 unspecified atom stereocenters. The highest BCUT2D eigenvalue weighted by Gasteiger charge is 2.18. The third-order valence-electron chi connectivity index (χ3n) is 5.20. The van der Waals surface area contributed by atoms with Crippen molar-refractivity contribution in [1.82, 2.24) is 14.9 Å². The molecule has 0 aliphatic carbocycles. The lowest BCUT2D eigenvalue weighted by Gasteiger charge is -2.16. The number of halogens is 1. The summed E-state index contributed by atoms with van der Waals surface area (Å²) < 4.78 is 12.0. The van der Waals surface area contributed by atoms with Crippen LogP contribution in [0.1, 0.15) is 16.8 Å². The number of nitrogens with zero attached hydrogens (tertiary/aromatic N) is 2. The highest BCUT2D eigenvalue weighted by atomic mass is 35.5. The Balaban J connectivity index is 1.92. The van der Waals surface area contributed by atoms with Crippen LogP contribution in [0, 0.1) is 6.92 Å². The molecule has 0 spiro atoms. The average Bonchev–Trinajstić information content (AvgIpc) is 2.82. The number of benzene rings is 2. The molecule has 0 aliphatic heterocycles. The van der Waals surface area contributed by atoms with Gasteiger partial charge in [-0.05, 0) is 37.3 Å². The van der Waals surface area contributed by atoms with Crippen molar-refractivity contribution < 1.29 is 19.4 Å². The van der Waals surface area contributed by atoms with Crippen molar-refractivity contribution in [2.24, 2.45) is 0 Å². The SMILES string of the molecule is COc1cccc(CNC(=O)Cn2c(-c3ccc(Cl)cc3)nc(C)c(CCO)c2=O)c1OC. The molecule has 2 N–H and O–H groups in total. The monoisotopic (exact) mass is 471 g/mol. The minimum Gasteiger partial charge on any atom is -0.493 e. The van der Waals surface area contributed by atoms with Gasteiger partial charge in [0, 0.05) is 47.0 Å². The van der Waals surface area contributed by atoms with Gasteiger partial charge in [0.15, 0.2) is 11.5 Å². The van der Waals surface area contributed by atoms with Gasteiger partial charge in [-0.25, -0.2) is 4.98 Å². The van der Waals surface area contributed by atoms with E-state index >= 15 is 0 Å². The minimum absolute atomic E-state index is 0.154. The topological polar surface area (TPSA) is 103 Å². The number of methoxy groups -OCH3 is 2. The van der Waals surface area contributed by atoms with Crippen molar-refractivity contribution in [1.29, 1.82) is 0 Å². The summed E-state index contributed by atoms with van der Waals surface area (Å²) in [5.41, 5.74) is 1.90. The molecule has 0 bridgehead atoms. The van der Waals surface area contributed by atoms with Crippen LogP contribution in [-0.4, -0.2) is 41.4 Å². The van der Waals surface area contributed by atoms with Gasteiger partial charge in [0.2, 0.25) is 5.91 Å². The van der Waals surface area contributed by atoms with Crippen molar-refractivity contribution >= 4 is 17.5 Å². The number of aryl methyl sites for hydroxylation is 1. The van der Waals surface area contributed by atoms with Crippen molar-refractivity contribution in [2.45, 2.75) is 26.4 Å². The zero-order valence-corrected chi connectivity index (χ0v) is 19.5. The van der Waals surface area contributed by atoms with Gasteiger partial charge < -0.3 is 19.9 Å². The molecule has 1 aromatic heterocycles. The van der Waals surface area contributed by atoms with Crippen LogP contribution in [0.2, 0.25) is 5.02 Å².